The summed E-state index contributed by atoms with van der Waals surface area (Å²) in [5.41, 5.74) is 7.98. The van der Waals surface area contributed by atoms with Crippen LogP contribution in [-0.2, 0) is 12.8 Å². The van der Waals surface area contributed by atoms with Crippen molar-refractivity contribution in [1.29, 1.82) is 0 Å². The van der Waals surface area contributed by atoms with Crippen LogP contribution < -0.4 is 5.73 Å². The summed E-state index contributed by atoms with van der Waals surface area (Å²) < 4.78 is 0. The highest BCUT2D eigenvalue weighted by molar-refractivity contribution is 5.31. The molecule has 0 spiro atoms. The summed E-state index contributed by atoms with van der Waals surface area (Å²) in [5.74, 6) is 0.873. The van der Waals surface area contributed by atoms with Gasteiger partial charge in [0.05, 0.1) is 0 Å². The van der Waals surface area contributed by atoms with Crippen LogP contribution in [0.15, 0.2) is 24.3 Å². The molecule has 0 radical (unpaired) electrons. The Hall–Kier alpha value is -0.820. The first kappa shape index (κ1) is 14.2. The zero-order valence-corrected chi connectivity index (χ0v) is 10.6. The second kappa shape index (κ2) is 8.49. The minimum atomic E-state index is 0.750. The van der Waals surface area contributed by atoms with Crippen LogP contribution in [0.5, 0.6) is 0 Å². The Kier molecular flexibility index (Phi) is 8.02. The van der Waals surface area contributed by atoms with Crippen LogP contribution in [0.3, 0.4) is 0 Å². The number of nitrogens with two attached hydrogens (primary N) is 1. The van der Waals surface area contributed by atoms with Crippen molar-refractivity contribution >= 4 is 0 Å². The number of benzene rings is 1. The lowest BCUT2D eigenvalue weighted by atomic mass is 10.1. The summed E-state index contributed by atoms with van der Waals surface area (Å²) in [5, 5.41) is 0. The van der Waals surface area contributed by atoms with Crippen molar-refractivity contribution in [3.8, 4) is 0 Å². The van der Waals surface area contributed by atoms with Crippen LogP contribution in [0, 0.1) is 5.92 Å². The summed E-state index contributed by atoms with van der Waals surface area (Å²) in [7, 11) is 0. The van der Waals surface area contributed by atoms with Gasteiger partial charge in [-0.2, -0.15) is 0 Å². The number of hydrogen-bond donors (Lipinski definition) is 1. The van der Waals surface area contributed by atoms with Gasteiger partial charge in [0.1, 0.15) is 0 Å². The van der Waals surface area contributed by atoms with Crippen LogP contribution in [0.25, 0.3) is 0 Å². The fourth-order valence-corrected chi connectivity index (χ4v) is 1.78. The maximum absolute atomic E-state index is 4.85. The normalized spacial score (nSPS) is 13.1. The van der Waals surface area contributed by atoms with E-state index in [-0.39, 0.29) is 0 Å². The van der Waals surface area contributed by atoms with Gasteiger partial charge in [0, 0.05) is 0 Å². The molecule has 0 saturated carbocycles. The first-order chi connectivity index (χ1) is 7.27. The van der Waals surface area contributed by atoms with Crippen molar-refractivity contribution in [1.82, 2.24) is 0 Å². The van der Waals surface area contributed by atoms with E-state index in [1.807, 2.05) is 20.8 Å². The Balaban J connectivity index is 0.000000342. The molecule has 2 N–H and O–H groups in total. The molecule has 0 fully saturated rings. The van der Waals surface area contributed by atoms with E-state index >= 15 is 0 Å². The molecule has 1 aromatic carbocycles. The molecule has 0 amide bonds. The molecule has 2 rings (SSSR count). The van der Waals surface area contributed by atoms with E-state index in [9.17, 15) is 0 Å². The Labute approximate surface area is 94.7 Å². The van der Waals surface area contributed by atoms with E-state index in [0.717, 1.165) is 12.5 Å². The summed E-state index contributed by atoms with van der Waals surface area (Å²) >= 11 is 0. The fourth-order valence-electron chi connectivity index (χ4n) is 1.78. The molecule has 86 valence electrons. The lowest BCUT2D eigenvalue weighted by Gasteiger charge is -1.93. The average molecular weight is 207 g/mol. The third-order valence-corrected chi connectivity index (χ3v) is 2.26. The average Bonchev–Trinajstić information content (AvgIpc) is 2.62. The Morgan fingerprint density at radius 3 is 1.80 bits per heavy atom. The Morgan fingerprint density at radius 1 is 1.13 bits per heavy atom. The van der Waals surface area contributed by atoms with Crippen molar-refractivity contribution < 1.29 is 0 Å². The molecule has 0 atom stereocenters. The zero-order chi connectivity index (χ0) is 11.7. The number of rotatable bonds is 0. The van der Waals surface area contributed by atoms with Crippen molar-refractivity contribution in [2.45, 2.75) is 40.5 Å². The quantitative estimate of drug-likeness (QED) is 0.693. The predicted molar refractivity (Wildman–Crippen MR) is 69.1 cm³/mol. The standard InChI is InChI=1S/C10H12.C2H7N.C2H6/c1-8-6-9-4-2-3-5-10(9)7-8;1-2-3;1-2/h2-5,8H,6-7H2,1H3;2-3H2,1H3;1-2H3. The third-order valence-electron chi connectivity index (χ3n) is 2.26. The van der Waals surface area contributed by atoms with Gasteiger partial charge in [-0.25, -0.2) is 0 Å². The van der Waals surface area contributed by atoms with Gasteiger partial charge in [0.15, 0.2) is 0 Å². The van der Waals surface area contributed by atoms with Crippen LogP contribution >= 0.6 is 0 Å². The molecule has 1 aliphatic carbocycles. The maximum atomic E-state index is 4.85. The number of fused-ring (bicyclic) bond motifs is 1. The van der Waals surface area contributed by atoms with E-state index < -0.39 is 0 Å². The van der Waals surface area contributed by atoms with Crippen molar-refractivity contribution in [3.63, 3.8) is 0 Å². The monoisotopic (exact) mass is 207 g/mol. The second-order valence-corrected chi connectivity index (χ2v) is 3.69. The Bertz CT molecular complexity index is 230. The molecule has 0 saturated heterocycles. The molecule has 0 aliphatic heterocycles. The fraction of sp³-hybridized carbons (Fsp3) is 0.571. The molecule has 1 nitrogen and oxygen atoms in total. The molecular formula is C14H25N. The van der Waals surface area contributed by atoms with E-state index in [4.69, 9.17) is 5.73 Å². The van der Waals surface area contributed by atoms with E-state index in [1.165, 1.54) is 12.8 Å². The van der Waals surface area contributed by atoms with E-state index in [2.05, 4.69) is 31.2 Å². The van der Waals surface area contributed by atoms with Crippen LogP contribution in [0.2, 0.25) is 0 Å². The van der Waals surface area contributed by atoms with Crippen molar-refractivity contribution in [2.24, 2.45) is 11.7 Å². The summed E-state index contributed by atoms with van der Waals surface area (Å²) in [6, 6.07) is 8.77. The lowest BCUT2D eigenvalue weighted by molar-refractivity contribution is 0.628. The number of hydrogen-bond acceptors (Lipinski definition) is 1. The van der Waals surface area contributed by atoms with Crippen LogP contribution in [0.1, 0.15) is 38.8 Å². The first-order valence-electron chi connectivity index (χ1n) is 6.04. The van der Waals surface area contributed by atoms with Gasteiger partial charge in [0.25, 0.3) is 0 Å². The molecule has 0 heterocycles. The van der Waals surface area contributed by atoms with Crippen LogP contribution in [0.4, 0.5) is 0 Å². The molecule has 0 unspecified atom stereocenters. The maximum Gasteiger partial charge on any atom is -0.0106 e. The molecule has 1 aliphatic rings. The zero-order valence-electron chi connectivity index (χ0n) is 10.6. The minimum absolute atomic E-state index is 0.750. The van der Waals surface area contributed by atoms with Gasteiger partial charge >= 0.3 is 0 Å². The molecule has 1 heteroatoms. The highest BCUT2D eigenvalue weighted by Gasteiger charge is 2.15. The van der Waals surface area contributed by atoms with E-state index in [1.54, 1.807) is 11.1 Å². The van der Waals surface area contributed by atoms with Crippen LogP contribution in [-0.4, -0.2) is 6.54 Å². The predicted octanol–water partition coefficient (Wildman–Crippen LogP) is 3.41. The summed E-state index contributed by atoms with van der Waals surface area (Å²) in [4.78, 5) is 0. The SMILES string of the molecule is CC.CC1Cc2ccccc2C1.CCN. The first-order valence-corrected chi connectivity index (χ1v) is 6.04. The Morgan fingerprint density at radius 2 is 1.47 bits per heavy atom. The summed E-state index contributed by atoms with van der Waals surface area (Å²) in [6.45, 7) is 8.97. The highest BCUT2D eigenvalue weighted by atomic mass is 14.5. The van der Waals surface area contributed by atoms with Gasteiger partial charge < -0.3 is 5.73 Å². The minimum Gasteiger partial charge on any atom is -0.331 e. The third kappa shape index (κ3) is 4.98. The molecule has 1 aromatic rings. The summed E-state index contributed by atoms with van der Waals surface area (Å²) in [6.07, 6.45) is 2.58. The largest absolute Gasteiger partial charge is 0.331 e. The van der Waals surface area contributed by atoms with E-state index in [0.29, 0.717) is 0 Å². The second-order valence-electron chi connectivity index (χ2n) is 3.69. The molecular weight excluding hydrogens is 182 g/mol. The van der Waals surface area contributed by atoms with Gasteiger partial charge in [-0.15, -0.1) is 0 Å². The smallest absolute Gasteiger partial charge is 0.0106 e. The van der Waals surface area contributed by atoms with Gasteiger partial charge in [-0.1, -0.05) is 52.0 Å². The van der Waals surface area contributed by atoms with Gasteiger partial charge in [-0.05, 0) is 36.4 Å². The molecule has 0 bridgehead atoms. The van der Waals surface area contributed by atoms with Gasteiger partial charge in [-0.3, -0.25) is 0 Å². The molecule has 15 heavy (non-hydrogen) atoms. The van der Waals surface area contributed by atoms with Crippen molar-refractivity contribution in [3.05, 3.63) is 35.4 Å². The topological polar surface area (TPSA) is 26.0 Å². The van der Waals surface area contributed by atoms with Gasteiger partial charge in [0.2, 0.25) is 0 Å². The molecule has 0 aromatic heterocycles. The lowest BCUT2D eigenvalue weighted by Crippen LogP contribution is -1.89. The van der Waals surface area contributed by atoms with Crippen molar-refractivity contribution in [2.75, 3.05) is 6.54 Å². The highest BCUT2D eigenvalue weighted by Crippen LogP contribution is 2.25.